The zero-order valence-electron chi connectivity index (χ0n) is 14.0. The van der Waals surface area contributed by atoms with Gasteiger partial charge in [0.05, 0.1) is 30.7 Å². The third-order valence-corrected chi connectivity index (χ3v) is 3.94. The summed E-state index contributed by atoms with van der Waals surface area (Å²) in [6, 6.07) is 12.9. The standard InChI is InChI=1S/C19H22FNO3/c1-13(18-15(20)10-7-11-16(18)24-3)21-17(22)12-19(2,23)14-8-5-4-6-9-14/h4-11,13,23H,12H2,1-3H3,(H,21,22). The zero-order valence-corrected chi connectivity index (χ0v) is 14.0. The van der Waals surface area contributed by atoms with Crippen LogP contribution in [0.25, 0.3) is 0 Å². The van der Waals surface area contributed by atoms with E-state index in [0.29, 0.717) is 11.3 Å². The quantitative estimate of drug-likeness (QED) is 0.854. The molecule has 0 aromatic heterocycles. The Morgan fingerprint density at radius 2 is 1.92 bits per heavy atom. The lowest BCUT2D eigenvalue weighted by atomic mass is 9.92. The second-order valence-corrected chi connectivity index (χ2v) is 5.96. The zero-order chi connectivity index (χ0) is 17.7. The molecule has 0 aliphatic carbocycles. The van der Waals surface area contributed by atoms with Crippen LogP contribution >= 0.6 is 0 Å². The number of nitrogens with one attached hydrogen (secondary N) is 1. The minimum Gasteiger partial charge on any atom is -0.496 e. The Morgan fingerprint density at radius 1 is 1.25 bits per heavy atom. The predicted molar refractivity (Wildman–Crippen MR) is 90.1 cm³/mol. The average Bonchev–Trinajstić information content (AvgIpc) is 2.54. The summed E-state index contributed by atoms with van der Waals surface area (Å²) in [6.07, 6.45) is -0.127. The predicted octanol–water partition coefficient (Wildman–Crippen LogP) is 3.31. The van der Waals surface area contributed by atoms with Crippen LogP contribution in [0.3, 0.4) is 0 Å². The van der Waals surface area contributed by atoms with Crippen LogP contribution in [0.1, 0.15) is 37.4 Å². The third-order valence-electron chi connectivity index (χ3n) is 3.94. The van der Waals surface area contributed by atoms with Crippen molar-refractivity contribution in [2.45, 2.75) is 31.9 Å². The fourth-order valence-electron chi connectivity index (χ4n) is 2.69. The van der Waals surface area contributed by atoms with Crippen molar-refractivity contribution < 1.29 is 19.0 Å². The lowest BCUT2D eigenvalue weighted by Gasteiger charge is -2.25. The van der Waals surface area contributed by atoms with E-state index in [9.17, 15) is 14.3 Å². The van der Waals surface area contributed by atoms with Gasteiger partial charge in [-0.25, -0.2) is 4.39 Å². The van der Waals surface area contributed by atoms with E-state index in [2.05, 4.69) is 5.32 Å². The first kappa shape index (κ1) is 17.9. The highest BCUT2D eigenvalue weighted by Crippen LogP contribution is 2.29. The van der Waals surface area contributed by atoms with Crippen LogP contribution in [0.2, 0.25) is 0 Å². The molecule has 0 radical (unpaired) electrons. The van der Waals surface area contributed by atoms with Crippen molar-refractivity contribution in [2.75, 3.05) is 7.11 Å². The van der Waals surface area contributed by atoms with Crippen LogP contribution in [0.15, 0.2) is 48.5 Å². The second kappa shape index (κ2) is 7.45. The van der Waals surface area contributed by atoms with Crippen molar-refractivity contribution in [1.29, 1.82) is 0 Å². The van der Waals surface area contributed by atoms with Gasteiger partial charge in [0.2, 0.25) is 5.91 Å². The van der Waals surface area contributed by atoms with E-state index in [0.717, 1.165) is 0 Å². The highest BCUT2D eigenvalue weighted by Gasteiger charge is 2.28. The molecule has 2 aromatic rings. The molecule has 128 valence electrons. The Hall–Kier alpha value is -2.40. The van der Waals surface area contributed by atoms with E-state index in [1.807, 2.05) is 6.07 Å². The van der Waals surface area contributed by atoms with Gasteiger partial charge < -0.3 is 15.2 Å². The summed E-state index contributed by atoms with van der Waals surface area (Å²) in [7, 11) is 1.45. The van der Waals surface area contributed by atoms with Gasteiger partial charge in [0, 0.05) is 0 Å². The van der Waals surface area contributed by atoms with Gasteiger partial charge in [-0.1, -0.05) is 36.4 Å². The first-order chi connectivity index (χ1) is 11.3. The van der Waals surface area contributed by atoms with Crippen LogP contribution in [0, 0.1) is 5.82 Å². The van der Waals surface area contributed by atoms with E-state index in [4.69, 9.17) is 4.74 Å². The van der Waals surface area contributed by atoms with Crippen LogP contribution in [-0.4, -0.2) is 18.1 Å². The van der Waals surface area contributed by atoms with Crippen LogP contribution in [-0.2, 0) is 10.4 Å². The van der Waals surface area contributed by atoms with Crippen molar-refractivity contribution in [1.82, 2.24) is 5.32 Å². The van der Waals surface area contributed by atoms with E-state index in [1.165, 1.54) is 13.2 Å². The molecule has 0 saturated carbocycles. The molecule has 24 heavy (non-hydrogen) atoms. The minimum atomic E-state index is -1.30. The number of methoxy groups -OCH3 is 1. The van der Waals surface area contributed by atoms with Gasteiger partial charge in [-0.15, -0.1) is 0 Å². The smallest absolute Gasteiger partial charge is 0.223 e. The summed E-state index contributed by atoms with van der Waals surface area (Å²) in [5.41, 5.74) is -0.367. The van der Waals surface area contributed by atoms with Gasteiger partial charge in [0.25, 0.3) is 0 Å². The number of halogens is 1. The van der Waals surface area contributed by atoms with Crippen LogP contribution < -0.4 is 10.1 Å². The highest BCUT2D eigenvalue weighted by molar-refractivity contribution is 5.77. The number of ether oxygens (including phenoxy) is 1. The first-order valence-electron chi connectivity index (χ1n) is 7.75. The molecule has 2 rings (SSSR count). The van der Waals surface area contributed by atoms with E-state index >= 15 is 0 Å². The molecule has 4 nitrogen and oxygen atoms in total. The molecule has 0 saturated heterocycles. The van der Waals surface area contributed by atoms with Gasteiger partial charge in [0.15, 0.2) is 0 Å². The summed E-state index contributed by atoms with van der Waals surface area (Å²) in [6.45, 7) is 3.26. The van der Waals surface area contributed by atoms with Crippen LogP contribution in [0.4, 0.5) is 4.39 Å². The normalized spacial score (nSPS) is 14.5. The van der Waals surface area contributed by atoms with E-state index in [-0.39, 0.29) is 17.9 Å². The fourth-order valence-corrected chi connectivity index (χ4v) is 2.69. The van der Waals surface area contributed by atoms with Gasteiger partial charge in [-0.3, -0.25) is 4.79 Å². The minimum absolute atomic E-state index is 0.127. The maximum Gasteiger partial charge on any atom is 0.223 e. The topological polar surface area (TPSA) is 58.6 Å². The maximum atomic E-state index is 14.1. The molecular formula is C19H22FNO3. The Labute approximate surface area is 141 Å². The monoisotopic (exact) mass is 331 g/mol. The summed E-state index contributed by atoms with van der Waals surface area (Å²) >= 11 is 0. The number of hydrogen-bond donors (Lipinski definition) is 2. The highest BCUT2D eigenvalue weighted by atomic mass is 19.1. The number of benzene rings is 2. The maximum absolute atomic E-state index is 14.1. The lowest BCUT2D eigenvalue weighted by Crippen LogP contribution is -2.34. The van der Waals surface area contributed by atoms with E-state index in [1.54, 1.807) is 50.2 Å². The molecule has 0 spiro atoms. The molecule has 5 heteroatoms. The molecule has 1 amide bonds. The molecule has 2 aromatic carbocycles. The van der Waals surface area contributed by atoms with Crippen molar-refractivity contribution in [3.8, 4) is 5.75 Å². The number of aliphatic hydroxyl groups is 1. The van der Waals surface area contributed by atoms with Crippen molar-refractivity contribution in [3.05, 3.63) is 65.5 Å². The van der Waals surface area contributed by atoms with Crippen LogP contribution in [0.5, 0.6) is 5.75 Å². The lowest BCUT2D eigenvalue weighted by molar-refractivity contribution is -0.126. The Kier molecular flexibility index (Phi) is 5.57. The third kappa shape index (κ3) is 4.11. The number of carbonyl (C=O) groups is 1. The molecule has 0 aliphatic heterocycles. The Bertz CT molecular complexity index is 701. The van der Waals surface area contributed by atoms with Gasteiger partial charge >= 0.3 is 0 Å². The molecule has 0 fully saturated rings. The molecule has 0 bridgehead atoms. The number of rotatable bonds is 6. The number of hydrogen-bond acceptors (Lipinski definition) is 3. The second-order valence-electron chi connectivity index (χ2n) is 5.96. The molecular weight excluding hydrogens is 309 g/mol. The first-order valence-corrected chi connectivity index (χ1v) is 7.75. The molecule has 0 aliphatic rings. The largest absolute Gasteiger partial charge is 0.496 e. The Morgan fingerprint density at radius 3 is 2.54 bits per heavy atom. The molecule has 0 heterocycles. The summed E-state index contributed by atoms with van der Waals surface area (Å²) < 4.78 is 19.2. The Balaban J connectivity index is 2.10. The fraction of sp³-hybridized carbons (Fsp3) is 0.316. The summed E-state index contributed by atoms with van der Waals surface area (Å²) in [4.78, 5) is 12.3. The van der Waals surface area contributed by atoms with E-state index < -0.39 is 17.5 Å². The van der Waals surface area contributed by atoms with Gasteiger partial charge in [-0.2, -0.15) is 0 Å². The molecule has 2 unspecified atom stereocenters. The summed E-state index contributed by atoms with van der Waals surface area (Å²) in [5.74, 6) is -0.448. The molecule has 2 N–H and O–H groups in total. The number of carbonyl (C=O) groups excluding carboxylic acids is 1. The SMILES string of the molecule is COc1cccc(F)c1C(C)NC(=O)CC(C)(O)c1ccccc1. The average molecular weight is 331 g/mol. The van der Waals surface area contributed by atoms with Crippen molar-refractivity contribution in [2.24, 2.45) is 0 Å². The van der Waals surface area contributed by atoms with Gasteiger partial charge in [-0.05, 0) is 31.5 Å². The van der Waals surface area contributed by atoms with Crippen molar-refractivity contribution >= 4 is 5.91 Å². The van der Waals surface area contributed by atoms with Gasteiger partial charge in [0.1, 0.15) is 11.6 Å². The molecule has 2 atom stereocenters. The summed E-state index contributed by atoms with van der Waals surface area (Å²) in [5, 5.41) is 13.3. The number of amides is 1. The van der Waals surface area contributed by atoms with Crippen molar-refractivity contribution in [3.63, 3.8) is 0 Å².